The molecule has 0 fully saturated rings. The van der Waals surface area contributed by atoms with Crippen molar-refractivity contribution in [3.8, 4) is 0 Å². The molecule has 0 unspecified atom stereocenters. The van der Waals surface area contributed by atoms with E-state index in [-0.39, 0.29) is 11.8 Å². The molecule has 20 heavy (non-hydrogen) atoms. The number of hydrogen-bond donors (Lipinski definition) is 2. The first kappa shape index (κ1) is 15.0. The van der Waals surface area contributed by atoms with Crippen LogP contribution in [-0.2, 0) is 6.54 Å². The number of carbonyl (C=O) groups is 1. The maximum absolute atomic E-state index is 12.2. The molecular formula is C14H16BrN3OS. The van der Waals surface area contributed by atoms with Gasteiger partial charge >= 0.3 is 0 Å². The van der Waals surface area contributed by atoms with Crippen LogP contribution in [-0.4, -0.2) is 10.9 Å². The highest BCUT2D eigenvalue weighted by atomic mass is 79.9. The van der Waals surface area contributed by atoms with E-state index in [0.717, 1.165) is 15.0 Å². The number of hydrogen-bond acceptors (Lipinski definition) is 4. The van der Waals surface area contributed by atoms with Crippen LogP contribution in [0.1, 0.15) is 40.7 Å². The number of nitrogens with zero attached hydrogens (tertiary/aromatic N) is 1. The summed E-state index contributed by atoms with van der Waals surface area (Å²) < 4.78 is 1.01. The number of pyridine rings is 1. The molecule has 0 spiro atoms. The number of carbonyl (C=O) groups excluding carboxylic acids is 1. The number of thiophene rings is 1. The summed E-state index contributed by atoms with van der Waals surface area (Å²) in [5.74, 6) is 0.469. The van der Waals surface area contributed by atoms with Crippen LogP contribution in [0, 0.1) is 0 Å². The third-order valence-electron chi connectivity index (χ3n) is 2.82. The molecule has 2 rings (SSSR count). The highest BCUT2D eigenvalue weighted by Gasteiger charge is 2.11. The lowest BCUT2D eigenvalue weighted by molar-refractivity contribution is 0.0951. The van der Waals surface area contributed by atoms with Gasteiger partial charge in [0.1, 0.15) is 5.82 Å². The molecule has 6 heteroatoms. The highest BCUT2D eigenvalue weighted by molar-refractivity contribution is 9.10. The topological polar surface area (TPSA) is 68.0 Å². The molecule has 0 aliphatic rings. The molecule has 2 aromatic rings. The summed E-state index contributed by atoms with van der Waals surface area (Å²) in [7, 11) is 0. The molecule has 1 amide bonds. The van der Waals surface area contributed by atoms with Gasteiger partial charge in [-0.2, -0.15) is 0 Å². The van der Waals surface area contributed by atoms with Gasteiger partial charge in [-0.15, -0.1) is 11.3 Å². The molecule has 0 atom stereocenters. The molecule has 2 aromatic heterocycles. The van der Waals surface area contributed by atoms with Crippen LogP contribution in [0.25, 0.3) is 0 Å². The number of nitrogen functional groups attached to an aromatic ring is 1. The molecule has 0 radical (unpaired) electrons. The first-order chi connectivity index (χ1) is 9.47. The zero-order valence-corrected chi connectivity index (χ0v) is 13.7. The Morgan fingerprint density at radius 1 is 1.50 bits per heavy atom. The number of nitrogens with two attached hydrogens (primary N) is 1. The van der Waals surface area contributed by atoms with E-state index < -0.39 is 0 Å². The van der Waals surface area contributed by atoms with Crippen LogP contribution in [0.5, 0.6) is 0 Å². The van der Waals surface area contributed by atoms with E-state index >= 15 is 0 Å². The minimum absolute atomic E-state index is 0.138. The van der Waals surface area contributed by atoms with Crippen molar-refractivity contribution >= 4 is 39.0 Å². The molecular weight excluding hydrogens is 338 g/mol. The lowest BCUT2D eigenvalue weighted by Gasteiger charge is -2.09. The van der Waals surface area contributed by atoms with Crippen molar-refractivity contribution in [2.24, 2.45) is 0 Å². The molecule has 0 aliphatic carbocycles. The average Bonchev–Trinajstić information content (AvgIpc) is 2.80. The summed E-state index contributed by atoms with van der Waals surface area (Å²) in [6.07, 6.45) is 0. The van der Waals surface area contributed by atoms with Crippen molar-refractivity contribution in [2.75, 3.05) is 5.73 Å². The lowest BCUT2D eigenvalue weighted by atomic mass is 10.1. The fourth-order valence-corrected chi connectivity index (χ4v) is 3.15. The monoisotopic (exact) mass is 353 g/mol. The molecule has 106 valence electrons. The second kappa shape index (κ2) is 6.37. The lowest BCUT2D eigenvalue weighted by Crippen LogP contribution is -2.23. The van der Waals surface area contributed by atoms with Gasteiger partial charge in [-0.3, -0.25) is 4.79 Å². The van der Waals surface area contributed by atoms with Crippen LogP contribution >= 0.6 is 27.3 Å². The van der Waals surface area contributed by atoms with E-state index in [2.05, 4.69) is 26.2 Å². The fraction of sp³-hybridized carbons (Fsp3) is 0.286. The van der Waals surface area contributed by atoms with Crippen molar-refractivity contribution < 1.29 is 4.79 Å². The summed E-state index contributed by atoms with van der Waals surface area (Å²) in [6, 6.07) is 5.36. The van der Waals surface area contributed by atoms with E-state index in [0.29, 0.717) is 17.9 Å². The number of nitrogens with one attached hydrogen (secondary N) is 1. The van der Waals surface area contributed by atoms with E-state index in [4.69, 9.17) is 5.73 Å². The minimum atomic E-state index is -0.138. The van der Waals surface area contributed by atoms with Crippen molar-refractivity contribution in [1.29, 1.82) is 0 Å². The summed E-state index contributed by atoms with van der Waals surface area (Å²) in [5.41, 5.74) is 7.13. The largest absolute Gasteiger partial charge is 0.384 e. The molecule has 3 N–H and O–H groups in total. The summed E-state index contributed by atoms with van der Waals surface area (Å²) in [6.45, 7) is 4.54. The third kappa shape index (κ3) is 3.58. The average molecular weight is 354 g/mol. The molecule has 2 heterocycles. The Bertz CT molecular complexity index is 625. The van der Waals surface area contributed by atoms with E-state index in [1.807, 2.05) is 25.3 Å². The molecule has 0 aromatic carbocycles. The summed E-state index contributed by atoms with van der Waals surface area (Å²) in [4.78, 5) is 17.5. The predicted octanol–water partition coefficient (Wildman–Crippen LogP) is 3.54. The molecule has 4 nitrogen and oxygen atoms in total. The Balaban J connectivity index is 2.11. The molecule has 0 saturated carbocycles. The molecule has 0 aliphatic heterocycles. The Hall–Kier alpha value is -1.40. The second-order valence-electron chi connectivity index (χ2n) is 4.73. The number of aromatic nitrogens is 1. The number of anilines is 1. The second-order valence-corrected chi connectivity index (χ2v) is 6.59. The third-order valence-corrected chi connectivity index (χ3v) is 4.75. The van der Waals surface area contributed by atoms with Crippen LogP contribution in [0.15, 0.2) is 28.1 Å². The predicted molar refractivity (Wildman–Crippen MR) is 85.9 cm³/mol. The number of rotatable bonds is 4. The van der Waals surface area contributed by atoms with E-state index in [9.17, 15) is 4.79 Å². The quantitative estimate of drug-likeness (QED) is 0.883. The van der Waals surface area contributed by atoms with Crippen LogP contribution < -0.4 is 11.1 Å². The van der Waals surface area contributed by atoms with Gasteiger partial charge in [0.2, 0.25) is 0 Å². The van der Waals surface area contributed by atoms with Crippen molar-refractivity contribution in [3.63, 3.8) is 0 Å². The fourth-order valence-electron chi connectivity index (χ4n) is 1.71. The van der Waals surface area contributed by atoms with Crippen molar-refractivity contribution in [2.45, 2.75) is 26.3 Å². The number of amides is 1. The zero-order valence-electron chi connectivity index (χ0n) is 11.3. The first-order valence-electron chi connectivity index (χ1n) is 6.25. The van der Waals surface area contributed by atoms with Crippen LogP contribution in [0.4, 0.5) is 5.82 Å². The van der Waals surface area contributed by atoms with Gasteiger partial charge in [0, 0.05) is 20.6 Å². The van der Waals surface area contributed by atoms with Gasteiger partial charge in [0.05, 0.1) is 6.54 Å². The summed E-state index contributed by atoms with van der Waals surface area (Å²) >= 11 is 5.04. The minimum Gasteiger partial charge on any atom is -0.384 e. The molecule has 0 bridgehead atoms. The smallest absolute Gasteiger partial charge is 0.251 e. The van der Waals surface area contributed by atoms with Crippen LogP contribution in [0.2, 0.25) is 0 Å². The van der Waals surface area contributed by atoms with Gasteiger partial charge < -0.3 is 11.1 Å². The van der Waals surface area contributed by atoms with E-state index in [1.165, 1.54) is 0 Å². The van der Waals surface area contributed by atoms with Crippen molar-refractivity contribution in [3.05, 3.63) is 44.2 Å². The highest BCUT2D eigenvalue weighted by Crippen LogP contribution is 2.22. The van der Waals surface area contributed by atoms with E-state index in [1.54, 1.807) is 23.5 Å². The van der Waals surface area contributed by atoms with Crippen molar-refractivity contribution in [1.82, 2.24) is 10.3 Å². The Morgan fingerprint density at radius 2 is 2.25 bits per heavy atom. The maximum atomic E-state index is 12.2. The Labute approximate surface area is 130 Å². The number of halogens is 1. The van der Waals surface area contributed by atoms with Gasteiger partial charge in [-0.25, -0.2) is 4.98 Å². The van der Waals surface area contributed by atoms with Crippen LogP contribution in [0.3, 0.4) is 0 Å². The molecule has 0 saturated heterocycles. The maximum Gasteiger partial charge on any atom is 0.251 e. The zero-order chi connectivity index (χ0) is 14.7. The summed E-state index contributed by atoms with van der Waals surface area (Å²) in [5, 5.41) is 4.87. The van der Waals surface area contributed by atoms with Gasteiger partial charge in [-0.05, 0) is 45.4 Å². The van der Waals surface area contributed by atoms with Gasteiger partial charge in [0.15, 0.2) is 0 Å². The standard InChI is InChI=1S/C14H16BrN3OS/c1-8(2)11-5-9(6-13(16)18-11)14(19)17-7-12-10(15)3-4-20-12/h3-6,8H,7H2,1-2H3,(H2,16,18)(H,17,19). The normalized spacial score (nSPS) is 10.8. The van der Waals surface area contributed by atoms with Gasteiger partial charge in [0.25, 0.3) is 5.91 Å². The van der Waals surface area contributed by atoms with Gasteiger partial charge in [-0.1, -0.05) is 13.8 Å². The Morgan fingerprint density at radius 3 is 2.85 bits per heavy atom. The SMILES string of the molecule is CC(C)c1cc(C(=O)NCc2sccc2Br)cc(N)n1. The first-order valence-corrected chi connectivity index (χ1v) is 7.92. The Kier molecular flexibility index (Phi) is 4.77.